The second kappa shape index (κ2) is 8.53. The van der Waals surface area contributed by atoms with Gasteiger partial charge < -0.3 is 16.0 Å². The number of halogens is 1. The molecule has 28 heavy (non-hydrogen) atoms. The molecule has 7 nitrogen and oxygen atoms in total. The Kier molecular flexibility index (Phi) is 5.68. The zero-order chi connectivity index (χ0) is 19.3. The van der Waals surface area contributed by atoms with Crippen molar-refractivity contribution in [3.63, 3.8) is 0 Å². The van der Waals surface area contributed by atoms with Gasteiger partial charge in [-0.15, -0.1) is 0 Å². The van der Waals surface area contributed by atoms with Crippen LogP contribution in [0.4, 0.5) is 23.1 Å². The number of nitrogens with one attached hydrogen (secondary N) is 1. The molecule has 0 radical (unpaired) electrons. The first-order valence-electron chi connectivity index (χ1n) is 9.19. The monoisotopic (exact) mass is 439 g/mol. The number of piperazine rings is 1. The van der Waals surface area contributed by atoms with Gasteiger partial charge in [-0.3, -0.25) is 4.90 Å². The highest BCUT2D eigenvalue weighted by molar-refractivity contribution is 9.10. The molecule has 3 heterocycles. The molecule has 3 aromatic rings. The van der Waals surface area contributed by atoms with Crippen LogP contribution >= 0.6 is 15.9 Å². The van der Waals surface area contributed by atoms with Crippen molar-refractivity contribution in [1.29, 1.82) is 0 Å². The Hall–Kier alpha value is -2.71. The summed E-state index contributed by atoms with van der Waals surface area (Å²) >= 11 is 3.38. The van der Waals surface area contributed by atoms with E-state index in [1.165, 1.54) is 5.56 Å². The third-order valence-electron chi connectivity index (χ3n) is 4.76. The lowest BCUT2D eigenvalue weighted by Crippen LogP contribution is -2.46. The Labute approximate surface area is 172 Å². The van der Waals surface area contributed by atoms with Crippen molar-refractivity contribution >= 4 is 39.1 Å². The zero-order valence-electron chi connectivity index (χ0n) is 15.4. The number of aromatic nitrogens is 3. The molecule has 1 aliphatic rings. The van der Waals surface area contributed by atoms with Gasteiger partial charge in [-0.1, -0.05) is 30.3 Å². The number of nitrogens with two attached hydrogens (primary N) is 1. The first-order valence-corrected chi connectivity index (χ1v) is 9.98. The average Bonchev–Trinajstić information content (AvgIpc) is 2.73. The highest BCUT2D eigenvalue weighted by atomic mass is 79.9. The number of hydrogen-bond acceptors (Lipinski definition) is 7. The highest BCUT2D eigenvalue weighted by Crippen LogP contribution is 2.29. The van der Waals surface area contributed by atoms with E-state index >= 15 is 0 Å². The summed E-state index contributed by atoms with van der Waals surface area (Å²) in [6.45, 7) is 4.66. The Bertz CT molecular complexity index is 910. The van der Waals surface area contributed by atoms with Gasteiger partial charge in [0.2, 0.25) is 0 Å². The fourth-order valence-electron chi connectivity index (χ4n) is 3.27. The topological polar surface area (TPSA) is 83.2 Å². The van der Waals surface area contributed by atoms with Crippen LogP contribution < -0.4 is 16.0 Å². The first kappa shape index (κ1) is 18.6. The number of hydrogen-bond donors (Lipinski definition) is 2. The molecule has 0 spiro atoms. The third kappa shape index (κ3) is 4.40. The molecule has 4 rings (SSSR count). The van der Waals surface area contributed by atoms with Crippen molar-refractivity contribution in [2.24, 2.45) is 0 Å². The van der Waals surface area contributed by atoms with E-state index in [0.29, 0.717) is 17.3 Å². The van der Waals surface area contributed by atoms with Gasteiger partial charge in [0.1, 0.15) is 17.8 Å². The molecule has 2 aromatic heterocycles. The van der Waals surface area contributed by atoms with Crippen molar-refractivity contribution in [3.05, 3.63) is 65.0 Å². The molecule has 0 amide bonds. The van der Waals surface area contributed by atoms with Gasteiger partial charge in [0.15, 0.2) is 11.6 Å². The smallest absolute Gasteiger partial charge is 0.160 e. The average molecular weight is 440 g/mol. The van der Waals surface area contributed by atoms with Gasteiger partial charge in [0.25, 0.3) is 0 Å². The van der Waals surface area contributed by atoms with E-state index in [1.54, 1.807) is 12.5 Å². The van der Waals surface area contributed by atoms with Crippen LogP contribution in [-0.2, 0) is 6.54 Å². The molecule has 144 valence electrons. The third-order valence-corrected chi connectivity index (χ3v) is 5.23. The largest absolute Gasteiger partial charge is 0.393 e. The molecule has 1 aliphatic heterocycles. The normalized spacial score (nSPS) is 14.8. The molecule has 0 saturated carbocycles. The Morgan fingerprint density at radius 2 is 1.75 bits per heavy atom. The summed E-state index contributed by atoms with van der Waals surface area (Å²) < 4.78 is 0.919. The number of rotatable bonds is 5. The van der Waals surface area contributed by atoms with E-state index < -0.39 is 0 Å². The molecule has 0 atom stereocenters. The molecule has 3 N–H and O–H groups in total. The first-order chi connectivity index (χ1) is 13.7. The SMILES string of the molecule is Nc1c(Nc2ccc(Br)cn2)ncnc1N1CCN(Cc2ccccc2)CC1. The maximum Gasteiger partial charge on any atom is 0.160 e. The van der Waals surface area contributed by atoms with Crippen LogP contribution in [-0.4, -0.2) is 46.0 Å². The molecule has 0 aliphatic carbocycles. The van der Waals surface area contributed by atoms with Gasteiger partial charge in [-0.05, 0) is 33.6 Å². The number of nitrogen functional groups attached to an aromatic ring is 1. The van der Waals surface area contributed by atoms with Crippen LogP contribution in [0.15, 0.2) is 59.5 Å². The number of nitrogens with zero attached hydrogens (tertiary/aromatic N) is 5. The van der Waals surface area contributed by atoms with Crippen LogP contribution in [0.25, 0.3) is 0 Å². The standard InChI is InChI=1S/C20H22BrN7/c21-16-6-7-17(23-12-16)26-19-18(22)20(25-14-24-19)28-10-8-27(9-11-28)13-15-4-2-1-3-5-15/h1-7,12,14H,8-11,13,22H2,(H,23,24,25,26). The summed E-state index contributed by atoms with van der Waals surface area (Å²) in [6.07, 6.45) is 3.27. The van der Waals surface area contributed by atoms with E-state index in [9.17, 15) is 0 Å². The summed E-state index contributed by atoms with van der Waals surface area (Å²) in [6, 6.07) is 14.3. The molecule has 0 unspecified atom stereocenters. The quantitative estimate of drug-likeness (QED) is 0.630. The molecular weight excluding hydrogens is 418 g/mol. The lowest BCUT2D eigenvalue weighted by Gasteiger charge is -2.36. The van der Waals surface area contributed by atoms with Crippen molar-refractivity contribution in [2.75, 3.05) is 42.1 Å². The van der Waals surface area contributed by atoms with Crippen molar-refractivity contribution in [2.45, 2.75) is 6.54 Å². The van der Waals surface area contributed by atoms with E-state index in [0.717, 1.165) is 43.0 Å². The Morgan fingerprint density at radius 1 is 0.964 bits per heavy atom. The minimum atomic E-state index is 0.545. The minimum absolute atomic E-state index is 0.545. The summed E-state index contributed by atoms with van der Waals surface area (Å²) in [5.74, 6) is 2.03. The van der Waals surface area contributed by atoms with Crippen molar-refractivity contribution in [1.82, 2.24) is 19.9 Å². The molecule has 1 saturated heterocycles. The van der Waals surface area contributed by atoms with Gasteiger partial charge in [0, 0.05) is 43.4 Å². The highest BCUT2D eigenvalue weighted by Gasteiger charge is 2.21. The van der Waals surface area contributed by atoms with Gasteiger partial charge in [-0.25, -0.2) is 15.0 Å². The van der Waals surface area contributed by atoms with Crippen LogP contribution in [0.5, 0.6) is 0 Å². The van der Waals surface area contributed by atoms with Crippen LogP contribution in [0.3, 0.4) is 0 Å². The Balaban J connectivity index is 1.41. The summed E-state index contributed by atoms with van der Waals surface area (Å²) in [7, 11) is 0. The predicted octanol–water partition coefficient (Wildman–Crippen LogP) is 3.28. The molecule has 0 bridgehead atoms. The fraction of sp³-hybridized carbons (Fsp3) is 0.250. The van der Waals surface area contributed by atoms with Crippen LogP contribution in [0.1, 0.15) is 5.56 Å². The Morgan fingerprint density at radius 3 is 2.46 bits per heavy atom. The van der Waals surface area contributed by atoms with Crippen molar-refractivity contribution in [3.8, 4) is 0 Å². The van der Waals surface area contributed by atoms with Crippen LogP contribution in [0, 0.1) is 0 Å². The second-order valence-electron chi connectivity index (χ2n) is 6.70. The molecule has 1 fully saturated rings. The van der Waals surface area contributed by atoms with E-state index in [1.807, 2.05) is 12.1 Å². The van der Waals surface area contributed by atoms with E-state index in [2.05, 4.69) is 76.3 Å². The van der Waals surface area contributed by atoms with Gasteiger partial charge in [0.05, 0.1) is 0 Å². The number of benzene rings is 1. The van der Waals surface area contributed by atoms with Crippen LogP contribution in [0.2, 0.25) is 0 Å². The summed E-state index contributed by atoms with van der Waals surface area (Å²) in [4.78, 5) is 17.7. The molecular formula is C20H22BrN7. The molecule has 8 heteroatoms. The predicted molar refractivity (Wildman–Crippen MR) is 116 cm³/mol. The lowest BCUT2D eigenvalue weighted by atomic mass is 10.2. The fourth-order valence-corrected chi connectivity index (χ4v) is 3.50. The van der Waals surface area contributed by atoms with Crippen molar-refractivity contribution < 1.29 is 0 Å². The van der Waals surface area contributed by atoms with E-state index in [-0.39, 0.29) is 0 Å². The zero-order valence-corrected chi connectivity index (χ0v) is 17.0. The molecule has 1 aromatic carbocycles. The van der Waals surface area contributed by atoms with Gasteiger partial charge in [-0.2, -0.15) is 0 Å². The maximum atomic E-state index is 6.37. The van der Waals surface area contributed by atoms with Gasteiger partial charge >= 0.3 is 0 Å². The summed E-state index contributed by atoms with van der Waals surface area (Å²) in [5, 5.41) is 3.18. The maximum absolute atomic E-state index is 6.37. The number of pyridine rings is 1. The summed E-state index contributed by atoms with van der Waals surface area (Å²) in [5.41, 5.74) is 8.25. The number of anilines is 4. The lowest BCUT2D eigenvalue weighted by molar-refractivity contribution is 0.249. The second-order valence-corrected chi connectivity index (χ2v) is 7.61. The minimum Gasteiger partial charge on any atom is -0.393 e. The van der Waals surface area contributed by atoms with E-state index in [4.69, 9.17) is 5.73 Å².